The van der Waals surface area contributed by atoms with Crippen molar-refractivity contribution < 1.29 is 105 Å². The smallest absolute Gasteiger partial charge is 0.303 e. The minimum absolute atomic E-state index is 0.0548. The molecular formula is C36H53N3O22. The molecule has 0 aromatic heterocycles. The monoisotopic (exact) mass is 879 g/mol. The Labute approximate surface area is 349 Å². The maximum absolute atomic E-state index is 13.4. The largest absolute Gasteiger partial charge is 0.462 e. The van der Waals surface area contributed by atoms with Crippen molar-refractivity contribution in [2.24, 2.45) is 0 Å². The average molecular weight is 880 g/mol. The van der Waals surface area contributed by atoms with Crippen LogP contribution in [-0.4, -0.2) is 160 Å². The van der Waals surface area contributed by atoms with Crippen molar-refractivity contribution in [2.75, 3.05) is 39.4 Å². The molecule has 0 aliphatic heterocycles. The van der Waals surface area contributed by atoms with Crippen LogP contribution < -0.4 is 16.0 Å². The number of ether oxygens (including phenoxy) is 10. The summed E-state index contributed by atoms with van der Waals surface area (Å²) in [5.41, 5.74) is 0. The molecule has 0 rings (SSSR count). The van der Waals surface area contributed by atoms with Gasteiger partial charge in [0.1, 0.15) is 13.2 Å². The van der Waals surface area contributed by atoms with E-state index in [1.165, 1.54) is 0 Å². The van der Waals surface area contributed by atoms with Crippen LogP contribution >= 0.6 is 0 Å². The number of hydrogen-bond donors (Lipinski definition) is 3. The van der Waals surface area contributed by atoms with E-state index in [1.54, 1.807) is 0 Å². The van der Waals surface area contributed by atoms with Gasteiger partial charge in [-0.2, -0.15) is 0 Å². The molecule has 3 N–H and O–H groups in total. The highest BCUT2D eigenvalue weighted by molar-refractivity contribution is 5.85. The Morgan fingerprint density at radius 2 is 0.590 bits per heavy atom. The topological polar surface area (TPSA) is 333 Å². The lowest BCUT2D eigenvalue weighted by atomic mass is 10.0. The number of hydrogen-bond acceptors (Lipinski definition) is 23. The summed E-state index contributed by atoms with van der Waals surface area (Å²) in [7, 11) is 0. The van der Waals surface area contributed by atoms with Crippen LogP contribution in [0.4, 0.5) is 0 Å². The Morgan fingerprint density at radius 1 is 0.328 bits per heavy atom. The standard InChI is InChI=1S/C36H53N3O22/c1-17(40)52-15-27(54-19(3)42)29(56-21(5)44)31(58-23(7)46)33(60-25(9)48)35(50)38-13-11-37-12-14-39-36(51)34(61-26(10)49)32(59-24(8)47)30(57-22(6)45)28(55-20(4)43)16-53-18(2)41/h27-34,37H,11-16H2,1-10H3,(H,38,50)(H,39,51)/t27-,28-,29-,30-,31+,32+,33-,34-/m1/s1. The van der Waals surface area contributed by atoms with Crippen LogP contribution in [0.25, 0.3) is 0 Å². The molecule has 0 heterocycles. The molecule has 25 heteroatoms. The van der Waals surface area contributed by atoms with Crippen LogP contribution in [-0.2, 0) is 105 Å². The van der Waals surface area contributed by atoms with E-state index in [4.69, 9.17) is 47.4 Å². The maximum Gasteiger partial charge on any atom is 0.303 e. The highest BCUT2D eigenvalue weighted by atomic mass is 16.7. The summed E-state index contributed by atoms with van der Waals surface area (Å²) in [5, 5.41) is 7.68. The van der Waals surface area contributed by atoms with Gasteiger partial charge in [0.25, 0.3) is 11.8 Å². The van der Waals surface area contributed by atoms with Crippen molar-refractivity contribution in [3.63, 3.8) is 0 Å². The second-order valence-corrected chi connectivity index (χ2v) is 12.6. The minimum atomic E-state index is -2.03. The first kappa shape index (κ1) is 54.6. The fourth-order valence-corrected chi connectivity index (χ4v) is 5.07. The molecule has 0 radical (unpaired) electrons. The molecule has 0 aliphatic carbocycles. The van der Waals surface area contributed by atoms with Gasteiger partial charge in [0.2, 0.25) is 12.2 Å². The van der Waals surface area contributed by atoms with E-state index in [1.807, 2.05) is 0 Å². The molecule has 344 valence electrons. The third-order valence-electron chi connectivity index (χ3n) is 7.03. The Hall–Kier alpha value is -6.40. The number of carbonyl (C=O) groups is 12. The first-order valence-corrected chi connectivity index (χ1v) is 18.3. The number of esters is 10. The zero-order chi connectivity index (χ0) is 47.0. The lowest BCUT2D eigenvalue weighted by Crippen LogP contribution is -2.57. The number of carbonyl (C=O) groups excluding carboxylic acids is 12. The summed E-state index contributed by atoms with van der Waals surface area (Å²) in [6.45, 7) is 7.51. The van der Waals surface area contributed by atoms with E-state index in [9.17, 15) is 57.5 Å². The first-order valence-electron chi connectivity index (χ1n) is 18.3. The normalized spacial score (nSPS) is 14.5. The Morgan fingerprint density at radius 3 is 0.836 bits per heavy atom. The SMILES string of the molecule is CC(=O)OC[C@@H](OC(C)=O)[C@@H](OC(C)=O)[C@H](OC(C)=O)[C@@H](OC(C)=O)C(=O)NCCNCCNC(=O)[C@H](OC(C)=O)[C@@H](OC(C)=O)[C@H](OC(C)=O)[C@@H](COC(C)=O)OC(C)=O. The summed E-state index contributed by atoms with van der Waals surface area (Å²) in [5.74, 6) is -12.0. The highest BCUT2D eigenvalue weighted by Gasteiger charge is 2.48. The zero-order valence-electron chi connectivity index (χ0n) is 35.3. The van der Waals surface area contributed by atoms with E-state index in [2.05, 4.69) is 16.0 Å². The number of rotatable bonds is 26. The van der Waals surface area contributed by atoms with E-state index < -0.39 is 134 Å². The minimum Gasteiger partial charge on any atom is -0.462 e. The second-order valence-electron chi connectivity index (χ2n) is 12.6. The zero-order valence-corrected chi connectivity index (χ0v) is 35.3. The lowest BCUT2D eigenvalue weighted by Gasteiger charge is -2.34. The quantitative estimate of drug-likeness (QED) is 0.0455. The molecule has 8 atom stereocenters. The molecule has 0 bridgehead atoms. The van der Waals surface area contributed by atoms with Gasteiger partial charge < -0.3 is 63.3 Å². The summed E-state index contributed by atoms with van der Waals surface area (Å²) in [6, 6.07) is 0. The van der Waals surface area contributed by atoms with Crippen molar-refractivity contribution in [1.82, 2.24) is 16.0 Å². The molecule has 0 fully saturated rings. The molecule has 0 unspecified atom stereocenters. The average Bonchev–Trinajstić information content (AvgIpc) is 3.11. The van der Waals surface area contributed by atoms with Crippen LogP contribution in [0.3, 0.4) is 0 Å². The maximum atomic E-state index is 13.4. The second kappa shape index (κ2) is 28.1. The predicted octanol–water partition coefficient (Wildman–Crippen LogP) is -2.61. The third-order valence-corrected chi connectivity index (χ3v) is 7.03. The molecule has 0 saturated carbocycles. The Balaban J connectivity index is 6.16. The highest BCUT2D eigenvalue weighted by Crippen LogP contribution is 2.22. The predicted molar refractivity (Wildman–Crippen MR) is 197 cm³/mol. The molecule has 25 nitrogen and oxygen atoms in total. The third kappa shape index (κ3) is 23.7. The summed E-state index contributed by atoms with van der Waals surface area (Å²) < 4.78 is 51.4. The van der Waals surface area contributed by atoms with Gasteiger partial charge in [-0.1, -0.05) is 0 Å². The molecule has 0 aromatic carbocycles. The molecule has 2 amide bonds. The van der Waals surface area contributed by atoms with Gasteiger partial charge in [-0.15, -0.1) is 0 Å². The molecule has 0 aromatic rings. The number of amides is 2. The van der Waals surface area contributed by atoms with Gasteiger partial charge in [0.05, 0.1) is 0 Å². The molecule has 0 saturated heterocycles. The lowest BCUT2D eigenvalue weighted by molar-refractivity contribution is -0.203. The van der Waals surface area contributed by atoms with Crippen molar-refractivity contribution in [3.8, 4) is 0 Å². The first-order chi connectivity index (χ1) is 28.3. The Kier molecular flexibility index (Phi) is 25.2. The van der Waals surface area contributed by atoms with Gasteiger partial charge in [-0.3, -0.25) is 57.5 Å². The van der Waals surface area contributed by atoms with Crippen molar-refractivity contribution >= 4 is 71.5 Å². The summed E-state index contributed by atoms with van der Waals surface area (Å²) >= 11 is 0. The Bertz CT molecular complexity index is 1490. The molecule has 0 aliphatic rings. The van der Waals surface area contributed by atoms with Gasteiger partial charge in [0, 0.05) is 95.4 Å². The van der Waals surface area contributed by atoms with Crippen molar-refractivity contribution in [3.05, 3.63) is 0 Å². The van der Waals surface area contributed by atoms with Crippen molar-refractivity contribution in [2.45, 2.75) is 118 Å². The van der Waals surface area contributed by atoms with Crippen molar-refractivity contribution in [1.29, 1.82) is 0 Å². The fraction of sp³-hybridized carbons (Fsp3) is 0.667. The van der Waals surface area contributed by atoms with Gasteiger partial charge >= 0.3 is 59.7 Å². The van der Waals surface area contributed by atoms with Crippen LogP contribution in [0.2, 0.25) is 0 Å². The molecule has 0 spiro atoms. The van der Waals surface area contributed by atoms with E-state index in [0.29, 0.717) is 0 Å². The fourth-order valence-electron chi connectivity index (χ4n) is 5.07. The van der Waals surface area contributed by atoms with Crippen LogP contribution in [0, 0.1) is 0 Å². The van der Waals surface area contributed by atoms with Crippen LogP contribution in [0.1, 0.15) is 69.2 Å². The number of nitrogens with one attached hydrogen (secondary N) is 3. The van der Waals surface area contributed by atoms with Gasteiger partial charge in [-0.25, -0.2) is 0 Å². The van der Waals surface area contributed by atoms with Crippen LogP contribution in [0.5, 0.6) is 0 Å². The van der Waals surface area contributed by atoms with Gasteiger partial charge in [0.15, 0.2) is 36.6 Å². The van der Waals surface area contributed by atoms with Crippen LogP contribution in [0.15, 0.2) is 0 Å². The molecule has 61 heavy (non-hydrogen) atoms. The van der Waals surface area contributed by atoms with E-state index >= 15 is 0 Å². The summed E-state index contributed by atoms with van der Waals surface area (Å²) in [6.07, 6.45) is -15.0. The van der Waals surface area contributed by atoms with Gasteiger partial charge in [-0.05, 0) is 0 Å². The molecular weight excluding hydrogens is 826 g/mol. The van der Waals surface area contributed by atoms with E-state index in [0.717, 1.165) is 69.2 Å². The summed E-state index contributed by atoms with van der Waals surface area (Å²) in [4.78, 5) is 147. The van der Waals surface area contributed by atoms with E-state index in [-0.39, 0.29) is 26.2 Å².